The van der Waals surface area contributed by atoms with Crippen LogP contribution in [0.3, 0.4) is 0 Å². The van der Waals surface area contributed by atoms with Crippen LogP contribution in [0.5, 0.6) is 23.0 Å². The Hall–Kier alpha value is -4.27. The van der Waals surface area contributed by atoms with E-state index in [1.807, 2.05) is 20.8 Å². The lowest BCUT2D eigenvalue weighted by atomic mass is 10.2. The number of aromatic amines is 2. The molecule has 50 heavy (non-hydrogen) atoms. The molecular formula is C35H41Cl2N5O7S. The zero-order valence-electron chi connectivity index (χ0n) is 27.9. The standard InChI is InChI=1S/C24H30ClN3O5S.C11H11ClN2O2/c1-17(2)26-14-21(33-34(29,30)22-10-4-18(3)5-11-22)16-32-20-8-6-19(7-9-20)31-13-12-24-23(25)15-27-28-24;12-10-7-13-14-11(10)5-6-16-9-3-1-8(15)2-4-9/h4-11,15,17,21,26H,12-14,16H2,1-3H3,(H,27,28);1-4,7,15H,5-6H2,(H,13,14). The van der Waals surface area contributed by atoms with Crippen molar-refractivity contribution in [2.45, 2.75) is 50.7 Å². The summed E-state index contributed by atoms with van der Waals surface area (Å²) < 4.78 is 48.0. The van der Waals surface area contributed by atoms with Gasteiger partial charge in [0, 0.05) is 25.4 Å². The summed E-state index contributed by atoms with van der Waals surface area (Å²) in [6.45, 7) is 7.18. The predicted molar refractivity (Wildman–Crippen MR) is 192 cm³/mol. The maximum absolute atomic E-state index is 12.7. The van der Waals surface area contributed by atoms with Crippen molar-refractivity contribution < 1.29 is 31.9 Å². The highest BCUT2D eigenvalue weighted by Gasteiger charge is 2.23. The number of ether oxygens (including phenoxy) is 3. The third-order valence-electron chi connectivity index (χ3n) is 7.00. The number of nitrogens with zero attached hydrogens (tertiary/aromatic N) is 2. The second-order valence-corrected chi connectivity index (χ2v) is 13.8. The Morgan fingerprint density at radius 1 is 0.760 bits per heavy atom. The van der Waals surface area contributed by atoms with Crippen molar-refractivity contribution in [1.82, 2.24) is 25.7 Å². The summed E-state index contributed by atoms with van der Waals surface area (Å²) in [5, 5.41) is 26.8. The monoisotopic (exact) mass is 745 g/mol. The summed E-state index contributed by atoms with van der Waals surface area (Å²) >= 11 is 11.9. The van der Waals surface area contributed by atoms with Crippen molar-refractivity contribution >= 4 is 33.3 Å². The number of nitrogens with one attached hydrogen (secondary N) is 3. The summed E-state index contributed by atoms with van der Waals surface area (Å²) in [6, 6.07) is 20.4. The minimum Gasteiger partial charge on any atom is -0.508 e. The van der Waals surface area contributed by atoms with Gasteiger partial charge in [-0.2, -0.15) is 18.6 Å². The van der Waals surface area contributed by atoms with E-state index >= 15 is 0 Å². The van der Waals surface area contributed by atoms with Crippen LogP contribution < -0.4 is 19.5 Å². The molecule has 0 aliphatic heterocycles. The average Bonchev–Trinajstić information content (AvgIpc) is 3.70. The van der Waals surface area contributed by atoms with Crippen molar-refractivity contribution in [3.8, 4) is 23.0 Å². The molecule has 12 nitrogen and oxygen atoms in total. The first-order valence-electron chi connectivity index (χ1n) is 15.8. The van der Waals surface area contributed by atoms with Crippen molar-refractivity contribution in [2.75, 3.05) is 26.4 Å². The third kappa shape index (κ3) is 12.9. The van der Waals surface area contributed by atoms with E-state index in [-0.39, 0.29) is 23.3 Å². The Kier molecular flexibility index (Phi) is 14.8. The Labute approximate surface area is 302 Å². The first-order valence-corrected chi connectivity index (χ1v) is 18.0. The maximum Gasteiger partial charge on any atom is 0.297 e. The van der Waals surface area contributed by atoms with Crippen LogP contribution in [0.1, 0.15) is 30.8 Å². The second-order valence-electron chi connectivity index (χ2n) is 11.4. The lowest BCUT2D eigenvalue weighted by molar-refractivity contribution is 0.130. The number of aryl methyl sites for hydroxylation is 1. The number of aromatic nitrogens is 4. The van der Waals surface area contributed by atoms with Gasteiger partial charge >= 0.3 is 0 Å². The van der Waals surface area contributed by atoms with Gasteiger partial charge in [-0.05, 0) is 67.6 Å². The molecule has 0 fully saturated rings. The Morgan fingerprint density at radius 2 is 1.24 bits per heavy atom. The van der Waals surface area contributed by atoms with Crippen molar-refractivity contribution in [3.05, 3.63) is 112 Å². The first kappa shape index (κ1) is 38.5. The fourth-order valence-corrected chi connectivity index (χ4v) is 5.71. The van der Waals surface area contributed by atoms with Gasteiger partial charge in [0.15, 0.2) is 0 Å². The van der Waals surface area contributed by atoms with Crippen LogP contribution in [0.25, 0.3) is 0 Å². The molecule has 0 saturated heterocycles. The van der Waals surface area contributed by atoms with Crippen molar-refractivity contribution in [1.29, 1.82) is 0 Å². The zero-order chi connectivity index (χ0) is 35.9. The molecule has 0 aliphatic rings. The van der Waals surface area contributed by atoms with E-state index < -0.39 is 16.2 Å². The second kappa shape index (κ2) is 19.2. The van der Waals surface area contributed by atoms with Crippen LogP contribution in [0.2, 0.25) is 10.0 Å². The molecule has 1 unspecified atom stereocenters. The van der Waals surface area contributed by atoms with Gasteiger partial charge in [0.1, 0.15) is 35.7 Å². The molecule has 268 valence electrons. The minimum absolute atomic E-state index is 0.0589. The van der Waals surface area contributed by atoms with Gasteiger partial charge in [-0.15, -0.1) is 0 Å². The third-order valence-corrected chi connectivity index (χ3v) is 9.02. The molecule has 2 heterocycles. The average molecular weight is 747 g/mol. The van der Waals surface area contributed by atoms with E-state index in [0.717, 1.165) is 17.0 Å². The quantitative estimate of drug-likeness (QED) is 0.0770. The molecule has 1 atom stereocenters. The molecule has 0 bridgehead atoms. The van der Waals surface area contributed by atoms with E-state index in [4.69, 9.17) is 46.7 Å². The smallest absolute Gasteiger partial charge is 0.297 e. The van der Waals surface area contributed by atoms with Crippen LogP contribution in [-0.2, 0) is 27.1 Å². The summed E-state index contributed by atoms with van der Waals surface area (Å²) in [4.78, 5) is 0.116. The molecule has 4 N–H and O–H groups in total. The van der Waals surface area contributed by atoms with E-state index in [0.29, 0.717) is 59.9 Å². The highest BCUT2D eigenvalue weighted by molar-refractivity contribution is 7.86. The number of H-pyrrole nitrogens is 2. The highest BCUT2D eigenvalue weighted by atomic mass is 35.5. The van der Waals surface area contributed by atoms with Crippen molar-refractivity contribution in [2.24, 2.45) is 0 Å². The number of hydrogen-bond acceptors (Lipinski definition) is 10. The molecule has 5 rings (SSSR count). The van der Waals surface area contributed by atoms with Crippen LogP contribution in [0, 0.1) is 6.92 Å². The van der Waals surface area contributed by atoms with Gasteiger partial charge in [0.2, 0.25) is 0 Å². The summed E-state index contributed by atoms with van der Waals surface area (Å²) in [5.41, 5.74) is 2.65. The highest BCUT2D eigenvalue weighted by Crippen LogP contribution is 2.21. The molecule has 0 amide bonds. The Bertz CT molecular complexity index is 1830. The number of phenols is 1. The van der Waals surface area contributed by atoms with Gasteiger partial charge in [-0.1, -0.05) is 54.7 Å². The molecule has 0 aliphatic carbocycles. The zero-order valence-corrected chi connectivity index (χ0v) is 30.3. The fraction of sp³-hybridized carbons (Fsp3) is 0.314. The predicted octanol–water partition coefficient (Wildman–Crippen LogP) is 6.53. The summed E-state index contributed by atoms with van der Waals surface area (Å²) in [6.07, 6.45) is 3.69. The number of halogens is 2. The van der Waals surface area contributed by atoms with Gasteiger partial charge in [-0.25, -0.2) is 0 Å². The van der Waals surface area contributed by atoms with Gasteiger partial charge in [0.25, 0.3) is 10.1 Å². The van der Waals surface area contributed by atoms with Crippen LogP contribution in [0.15, 0.2) is 90.1 Å². The van der Waals surface area contributed by atoms with E-state index in [9.17, 15) is 8.42 Å². The molecule has 5 aromatic rings. The van der Waals surface area contributed by atoms with E-state index in [2.05, 4.69) is 25.7 Å². The minimum atomic E-state index is -3.92. The molecule has 0 saturated carbocycles. The lowest BCUT2D eigenvalue weighted by Crippen LogP contribution is -2.38. The molecule has 3 aromatic carbocycles. The number of benzene rings is 3. The number of rotatable bonds is 17. The fourth-order valence-electron chi connectivity index (χ4n) is 4.28. The van der Waals surface area contributed by atoms with Gasteiger partial charge in [0.05, 0.1) is 51.9 Å². The van der Waals surface area contributed by atoms with Crippen LogP contribution in [-0.4, -0.2) is 72.4 Å². The normalized spacial score (nSPS) is 11.9. The first-order chi connectivity index (χ1) is 24.0. The number of hydrogen-bond donors (Lipinski definition) is 4. The Morgan fingerprint density at radius 3 is 1.70 bits per heavy atom. The van der Waals surface area contributed by atoms with E-state index in [1.165, 1.54) is 12.1 Å². The summed E-state index contributed by atoms with van der Waals surface area (Å²) in [5.74, 6) is 2.20. The molecule has 2 aromatic heterocycles. The van der Waals surface area contributed by atoms with Crippen molar-refractivity contribution in [3.63, 3.8) is 0 Å². The topological polar surface area (TPSA) is 161 Å². The summed E-state index contributed by atoms with van der Waals surface area (Å²) in [7, 11) is -3.92. The SMILES string of the molecule is Cc1ccc(S(=O)(=O)OC(CNC(C)C)COc2ccc(OCCc3[nH]ncc3Cl)cc2)cc1.Oc1ccc(OCCc2[nH]ncc2Cl)cc1. The van der Waals surface area contributed by atoms with Gasteiger partial charge in [-0.3, -0.25) is 14.4 Å². The molecular weight excluding hydrogens is 705 g/mol. The number of aromatic hydroxyl groups is 1. The van der Waals surface area contributed by atoms with E-state index in [1.54, 1.807) is 73.1 Å². The lowest BCUT2D eigenvalue weighted by Gasteiger charge is -2.20. The van der Waals surface area contributed by atoms with Crippen LogP contribution in [0.4, 0.5) is 0 Å². The van der Waals surface area contributed by atoms with Crippen LogP contribution >= 0.6 is 23.2 Å². The largest absolute Gasteiger partial charge is 0.508 e. The molecule has 0 radical (unpaired) electrons. The number of phenolic OH excluding ortho intramolecular Hbond substituents is 1. The molecule has 15 heteroatoms. The Balaban J connectivity index is 0.000000291. The molecule has 0 spiro atoms. The van der Waals surface area contributed by atoms with Gasteiger partial charge < -0.3 is 24.6 Å². The maximum atomic E-state index is 12.7.